The van der Waals surface area contributed by atoms with Gasteiger partial charge < -0.3 is 11.1 Å². The summed E-state index contributed by atoms with van der Waals surface area (Å²) in [4.78, 5) is 18.4. The van der Waals surface area contributed by atoms with E-state index in [1.54, 1.807) is 23.3 Å². The number of nitrogens with two attached hydrogens (primary N) is 1. The molecule has 38 heavy (non-hydrogen) atoms. The third-order valence-corrected chi connectivity index (χ3v) is 7.05. The van der Waals surface area contributed by atoms with Crippen molar-refractivity contribution in [3.63, 3.8) is 0 Å². The Morgan fingerprint density at radius 1 is 0.974 bits per heavy atom. The zero-order valence-corrected chi connectivity index (χ0v) is 20.6. The van der Waals surface area contributed by atoms with Gasteiger partial charge in [-0.05, 0) is 78.1 Å². The Morgan fingerprint density at radius 2 is 1.92 bits per heavy atom. The molecule has 1 aromatic carbocycles. The highest BCUT2D eigenvalue weighted by molar-refractivity contribution is 5.83. The first-order chi connectivity index (χ1) is 18.7. The van der Waals surface area contributed by atoms with Crippen molar-refractivity contribution in [2.24, 2.45) is 0 Å². The van der Waals surface area contributed by atoms with E-state index < -0.39 is 0 Å². The highest BCUT2D eigenvalue weighted by Gasteiger charge is 2.24. The third-order valence-electron chi connectivity index (χ3n) is 7.05. The van der Waals surface area contributed by atoms with Crippen molar-refractivity contribution in [2.45, 2.75) is 25.4 Å². The van der Waals surface area contributed by atoms with Gasteiger partial charge in [-0.2, -0.15) is 5.10 Å². The number of nitrogens with one attached hydrogen (secondary N) is 1. The quantitative estimate of drug-likeness (QED) is 0.349. The molecule has 0 radical (unpaired) electrons. The number of aryl methyl sites for hydroxylation is 1. The predicted molar refractivity (Wildman–Crippen MR) is 146 cm³/mol. The van der Waals surface area contributed by atoms with E-state index in [2.05, 4.69) is 49.2 Å². The Kier molecular flexibility index (Phi) is 5.41. The molecule has 1 aliphatic rings. The minimum Gasteiger partial charge on any atom is -0.383 e. The number of hydrogen-bond donors (Lipinski definition) is 2. The number of fused-ring (bicyclic) bond motifs is 2. The standard InChI is InChI=1S/C29H25N9/c30-27-23(5-2-13-32-27)28-35-25-10-11-26(37-15-3-14-34-37)36-29(25)38(28)21-7-8-22-20(16-21)6-9-24(22)33-18-19-4-1-12-31-17-19/h1-5,7-8,10-17,24,33H,6,9,18H2,(H2,30,32)/t24-/m0/s1. The second-order valence-corrected chi connectivity index (χ2v) is 9.39. The SMILES string of the molecule is Nc1ncccc1-c1nc2ccc(-n3cccn3)nc2n1-c1ccc2c(c1)CC[C@@H]2NCc1cccnc1. The van der Waals surface area contributed by atoms with Crippen LogP contribution >= 0.6 is 0 Å². The molecule has 0 amide bonds. The molecule has 0 saturated heterocycles. The third kappa shape index (κ3) is 3.89. The molecular weight excluding hydrogens is 474 g/mol. The van der Waals surface area contributed by atoms with Gasteiger partial charge in [-0.3, -0.25) is 9.55 Å². The number of anilines is 1. The van der Waals surface area contributed by atoms with Gasteiger partial charge in [0.25, 0.3) is 0 Å². The lowest BCUT2D eigenvalue weighted by Gasteiger charge is -2.16. The highest BCUT2D eigenvalue weighted by atomic mass is 15.3. The molecule has 0 aliphatic heterocycles. The van der Waals surface area contributed by atoms with Crippen LogP contribution in [-0.2, 0) is 13.0 Å². The molecule has 3 N–H and O–H groups in total. The number of hydrogen-bond acceptors (Lipinski definition) is 7. The summed E-state index contributed by atoms with van der Waals surface area (Å²) < 4.78 is 3.82. The smallest absolute Gasteiger partial charge is 0.167 e. The minimum absolute atomic E-state index is 0.303. The van der Waals surface area contributed by atoms with Crippen molar-refractivity contribution in [3.8, 4) is 22.9 Å². The monoisotopic (exact) mass is 499 g/mol. The molecule has 186 valence electrons. The molecule has 0 fully saturated rings. The normalized spacial score (nSPS) is 14.7. The Balaban J connectivity index is 1.32. The molecule has 0 spiro atoms. The van der Waals surface area contributed by atoms with Crippen LogP contribution in [0.3, 0.4) is 0 Å². The van der Waals surface area contributed by atoms with Crippen molar-refractivity contribution < 1.29 is 0 Å². The van der Waals surface area contributed by atoms with Gasteiger partial charge in [0, 0.05) is 49.3 Å². The maximum atomic E-state index is 6.31. The lowest BCUT2D eigenvalue weighted by Crippen LogP contribution is -2.18. The fraction of sp³-hybridized carbons (Fsp3) is 0.138. The van der Waals surface area contributed by atoms with Crippen LogP contribution in [0.5, 0.6) is 0 Å². The summed E-state index contributed by atoms with van der Waals surface area (Å²) in [5, 5.41) is 8.05. The number of rotatable bonds is 6. The Labute approximate surface area is 219 Å². The van der Waals surface area contributed by atoms with E-state index in [1.165, 1.54) is 16.7 Å². The number of benzene rings is 1. The van der Waals surface area contributed by atoms with E-state index in [-0.39, 0.29) is 0 Å². The van der Waals surface area contributed by atoms with Crippen molar-refractivity contribution in [1.29, 1.82) is 0 Å². The maximum absolute atomic E-state index is 6.31. The van der Waals surface area contributed by atoms with E-state index in [0.29, 0.717) is 17.7 Å². The van der Waals surface area contributed by atoms with Crippen LogP contribution in [0.4, 0.5) is 5.82 Å². The number of nitrogens with zero attached hydrogens (tertiary/aromatic N) is 7. The molecule has 5 heterocycles. The first-order valence-electron chi connectivity index (χ1n) is 12.6. The van der Waals surface area contributed by atoms with E-state index in [9.17, 15) is 0 Å². The van der Waals surface area contributed by atoms with Gasteiger partial charge in [-0.15, -0.1) is 0 Å². The van der Waals surface area contributed by atoms with Gasteiger partial charge in [0.1, 0.15) is 11.3 Å². The molecule has 0 bridgehead atoms. The average molecular weight is 500 g/mol. The zero-order valence-electron chi connectivity index (χ0n) is 20.6. The summed E-state index contributed by atoms with van der Waals surface area (Å²) in [6.07, 6.45) is 11.1. The Hall–Kier alpha value is -4.89. The van der Waals surface area contributed by atoms with Gasteiger partial charge in [-0.1, -0.05) is 12.1 Å². The van der Waals surface area contributed by atoms with Crippen molar-refractivity contribution in [3.05, 3.63) is 108 Å². The average Bonchev–Trinajstić information content (AvgIpc) is 3.71. The van der Waals surface area contributed by atoms with Gasteiger partial charge in [0.05, 0.1) is 5.56 Å². The first-order valence-corrected chi connectivity index (χ1v) is 12.6. The van der Waals surface area contributed by atoms with Crippen LogP contribution < -0.4 is 11.1 Å². The zero-order chi connectivity index (χ0) is 25.5. The largest absolute Gasteiger partial charge is 0.383 e. The molecule has 0 unspecified atom stereocenters. The lowest BCUT2D eigenvalue weighted by atomic mass is 10.1. The summed E-state index contributed by atoms with van der Waals surface area (Å²) >= 11 is 0. The number of pyridine rings is 3. The molecule has 9 heteroatoms. The van der Waals surface area contributed by atoms with Crippen molar-refractivity contribution in [1.82, 2.24) is 39.6 Å². The molecule has 0 saturated carbocycles. The molecule has 1 atom stereocenters. The van der Waals surface area contributed by atoms with Crippen LogP contribution in [-0.4, -0.2) is 34.3 Å². The molecule has 7 rings (SSSR count). The van der Waals surface area contributed by atoms with Crippen LogP contribution in [0.15, 0.2) is 91.6 Å². The maximum Gasteiger partial charge on any atom is 0.167 e. The lowest BCUT2D eigenvalue weighted by molar-refractivity contribution is 0.529. The first kappa shape index (κ1) is 22.3. The van der Waals surface area contributed by atoms with Crippen molar-refractivity contribution in [2.75, 3.05) is 5.73 Å². The second-order valence-electron chi connectivity index (χ2n) is 9.39. The number of nitrogen functional groups attached to an aromatic ring is 1. The van der Waals surface area contributed by atoms with E-state index in [0.717, 1.165) is 47.6 Å². The number of imidazole rings is 1. The molecule has 1 aliphatic carbocycles. The number of aromatic nitrogens is 7. The van der Waals surface area contributed by atoms with E-state index in [4.69, 9.17) is 15.7 Å². The molecule has 9 nitrogen and oxygen atoms in total. The summed E-state index contributed by atoms with van der Waals surface area (Å²) in [6.45, 7) is 0.788. The fourth-order valence-corrected chi connectivity index (χ4v) is 5.21. The van der Waals surface area contributed by atoms with Gasteiger partial charge >= 0.3 is 0 Å². The molecule has 6 aromatic rings. The highest BCUT2D eigenvalue weighted by Crippen LogP contribution is 2.36. The predicted octanol–water partition coefficient (Wildman–Crippen LogP) is 4.42. The Bertz CT molecular complexity index is 1740. The Morgan fingerprint density at radius 3 is 2.76 bits per heavy atom. The van der Waals surface area contributed by atoms with Crippen LogP contribution in [0.1, 0.15) is 29.2 Å². The van der Waals surface area contributed by atoms with Crippen LogP contribution in [0, 0.1) is 0 Å². The van der Waals surface area contributed by atoms with Crippen LogP contribution in [0.25, 0.3) is 34.1 Å². The van der Waals surface area contributed by atoms with E-state index in [1.807, 2.05) is 48.8 Å². The summed E-state index contributed by atoms with van der Waals surface area (Å²) in [7, 11) is 0. The van der Waals surface area contributed by atoms with Crippen LogP contribution in [0.2, 0.25) is 0 Å². The molecular formula is C29H25N9. The van der Waals surface area contributed by atoms with Crippen molar-refractivity contribution >= 4 is 17.0 Å². The van der Waals surface area contributed by atoms with Gasteiger partial charge in [0.15, 0.2) is 17.3 Å². The summed E-state index contributed by atoms with van der Waals surface area (Å²) in [6, 6.07) is 20.6. The second kappa shape index (κ2) is 9.20. The van der Waals surface area contributed by atoms with E-state index >= 15 is 0 Å². The minimum atomic E-state index is 0.303. The summed E-state index contributed by atoms with van der Waals surface area (Å²) in [5.41, 5.74) is 13.4. The van der Waals surface area contributed by atoms with Gasteiger partial charge in [-0.25, -0.2) is 19.6 Å². The molecule has 5 aromatic heterocycles. The summed E-state index contributed by atoms with van der Waals surface area (Å²) in [5.74, 6) is 1.85. The van der Waals surface area contributed by atoms with Gasteiger partial charge in [0.2, 0.25) is 0 Å². The fourth-order valence-electron chi connectivity index (χ4n) is 5.21. The topological polar surface area (TPSA) is 112 Å².